The lowest BCUT2D eigenvalue weighted by Gasteiger charge is -2.37. The van der Waals surface area contributed by atoms with Gasteiger partial charge in [-0.15, -0.1) is 0 Å². The maximum atomic E-state index is 12.9. The first-order chi connectivity index (χ1) is 11.2. The minimum Gasteiger partial charge on any atom is -0.321 e. The molecule has 0 bridgehead atoms. The Kier molecular flexibility index (Phi) is 3.43. The van der Waals surface area contributed by atoms with Gasteiger partial charge in [0.15, 0.2) is 0 Å². The summed E-state index contributed by atoms with van der Waals surface area (Å²) in [5.74, 6) is -0.383. The number of piperazine rings is 1. The van der Waals surface area contributed by atoms with Crippen LogP contribution in [-0.2, 0) is 9.59 Å². The van der Waals surface area contributed by atoms with E-state index >= 15 is 0 Å². The maximum absolute atomic E-state index is 12.9. The van der Waals surface area contributed by atoms with Crippen molar-refractivity contribution in [3.05, 3.63) is 35.4 Å². The van der Waals surface area contributed by atoms with Gasteiger partial charge in [0.05, 0.1) is 0 Å². The summed E-state index contributed by atoms with van der Waals surface area (Å²) >= 11 is 0. The van der Waals surface area contributed by atoms with Crippen molar-refractivity contribution in [1.82, 2.24) is 9.80 Å². The van der Waals surface area contributed by atoms with E-state index < -0.39 is 6.04 Å². The van der Waals surface area contributed by atoms with E-state index in [-0.39, 0.29) is 23.6 Å². The zero-order valence-electron chi connectivity index (χ0n) is 13.0. The number of rotatable bonds is 1. The van der Waals surface area contributed by atoms with Crippen molar-refractivity contribution in [2.24, 2.45) is 5.92 Å². The normalized spacial score (nSPS) is 24.6. The molecule has 1 unspecified atom stereocenters. The molecule has 0 spiro atoms. The number of benzene rings is 1. The average Bonchev–Trinajstić information content (AvgIpc) is 2.89. The second kappa shape index (κ2) is 5.48. The fraction of sp³-hybridized carbons (Fsp3) is 0.500. The molecule has 3 amide bonds. The number of carbonyl (C=O) groups is 3. The predicted molar refractivity (Wildman–Crippen MR) is 83.5 cm³/mol. The Morgan fingerprint density at radius 1 is 1.00 bits per heavy atom. The molecule has 1 saturated heterocycles. The van der Waals surface area contributed by atoms with E-state index in [1.807, 2.05) is 18.2 Å². The number of hydrogen-bond acceptors (Lipinski definition) is 3. The molecule has 2 heterocycles. The van der Waals surface area contributed by atoms with Gasteiger partial charge in [-0.25, -0.2) is 0 Å². The quantitative estimate of drug-likeness (QED) is 0.747. The molecule has 0 aromatic heterocycles. The van der Waals surface area contributed by atoms with E-state index in [0.29, 0.717) is 18.7 Å². The van der Waals surface area contributed by atoms with Crippen LogP contribution in [0.15, 0.2) is 24.3 Å². The van der Waals surface area contributed by atoms with Gasteiger partial charge in [-0.1, -0.05) is 37.5 Å². The Morgan fingerprint density at radius 3 is 2.52 bits per heavy atom. The summed E-state index contributed by atoms with van der Waals surface area (Å²) < 4.78 is 0. The second-order valence-corrected chi connectivity index (χ2v) is 6.65. The summed E-state index contributed by atoms with van der Waals surface area (Å²) in [4.78, 5) is 41.1. The van der Waals surface area contributed by atoms with Crippen LogP contribution in [0.5, 0.6) is 0 Å². The molecule has 5 nitrogen and oxygen atoms in total. The van der Waals surface area contributed by atoms with Gasteiger partial charge in [-0.2, -0.15) is 0 Å². The highest BCUT2D eigenvalue weighted by molar-refractivity contribution is 6.08. The van der Waals surface area contributed by atoms with Crippen LogP contribution in [0.3, 0.4) is 0 Å². The van der Waals surface area contributed by atoms with Crippen LogP contribution in [0.25, 0.3) is 0 Å². The summed E-state index contributed by atoms with van der Waals surface area (Å²) in [6, 6.07) is 6.62. The predicted octanol–water partition coefficient (Wildman–Crippen LogP) is 2.13. The molecule has 1 aromatic carbocycles. The first-order valence-corrected chi connectivity index (χ1v) is 8.43. The molecule has 0 N–H and O–H groups in total. The molecule has 2 fully saturated rings. The third-order valence-corrected chi connectivity index (χ3v) is 5.34. The molecule has 1 aromatic rings. The molecule has 1 aliphatic carbocycles. The van der Waals surface area contributed by atoms with Gasteiger partial charge >= 0.3 is 0 Å². The van der Waals surface area contributed by atoms with E-state index in [4.69, 9.17) is 0 Å². The third-order valence-electron chi connectivity index (χ3n) is 5.34. The number of fused-ring (bicyclic) bond motifs is 3. The van der Waals surface area contributed by atoms with Gasteiger partial charge in [0.25, 0.3) is 11.8 Å². The molecule has 3 aliphatic rings. The Morgan fingerprint density at radius 2 is 1.74 bits per heavy atom. The van der Waals surface area contributed by atoms with Crippen molar-refractivity contribution in [1.29, 1.82) is 0 Å². The Hall–Kier alpha value is -2.17. The van der Waals surface area contributed by atoms with E-state index in [1.54, 1.807) is 11.0 Å². The highest BCUT2D eigenvalue weighted by Gasteiger charge is 2.47. The summed E-state index contributed by atoms with van der Waals surface area (Å²) in [5, 5.41) is 0. The van der Waals surface area contributed by atoms with Crippen molar-refractivity contribution in [2.45, 2.75) is 38.1 Å². The van der Waals surface area contributed by atoms with Crippen LogP contribution in [-0.4, -0.2) is 40.6 Å². The zero-order chi connectivity index (χ0) is 16.0. The number of hydrogen-bond donors (Lipinski definition) is 0. The number of imide groups is 1. The lowest BCUT2D eigenvalue weighted by molar-refractivity contribution is -0.154. The second-order valence-electron chi connectivity index (χ2n) is 6.65. The van der Waals surface area contributed by atoms with Crippen LogP contribution in [0, 0.1) is 5.92 Å². The molecule has 1 saturated carbocycles. The monoisotopic (exact) mass is 312 g/mol. The van der Waals surface area contributed by atoms with Crippen molar-refractivity contribution in [2.75, 3.05) is 13.1 Å². The molecule has 23 heavy (non-hydrogen) atoms. The standard InChI is InChI=1S/C18H20N2O3/c21-16(12-6-2-1-3-7-12)20-11-10-19-15(18(20)23)13-8-4-5-9-14(13)17(19)22/h4-5,8-9,12,15H,1-3,6-7,10-11H2. The highest BCUT2D eigenvalue weighted by Crippen LogP contribution is 2.37. The van der Waals surface area contributed by atoms with Gasteiger partial charge in [0.1, 0.15) is 6.04 Å². The van der Waals surface area contributed by atoms with E-state index in [2.05, 4.69) is 0 Å². The van der Waals surface area contributed by atoms with Gasteiger partial charge < -0.3 is 4.90 Å². The van der Waals surface area contributed by atoms with Gasteiger partial charge in [-0.05, 0) is 24.5 Å². The summed E-state index contributed by atoms with van der Waals surface area (Å²) in [7, 11) is 0. The number of amides is 3. The third kappa shape index (κ3) is 2.18. The Labute approximate surface area is 135 Å². The molecule has 0 radical (unpaired) electrons. The van der Waals surface area contributed by atoms with Gasteiger partial charge in [0.2, 0.25) is 5.91 Å². The van der Waals surface area contributed by atoms with Crippen molar-refractivity contribution >= 4 is 17.7 Å². The van der Waals surface area contributed by atoms with Crippen molar-refractivity contribution < 1.29 is 14.4 Å². The number of carbonyl (C=O) groups excluding carboxylic acids is 3. The minimum absolute atomic E-state index is 0.0217. The van der Waals surface area contributed by atoms with E-state index in [9.17, 15) is 14.4 Å². The zero-order valence-corrected chi connectivity index (χ0v) is 13.0. The highest BCUT2D eigenvalue weighted by atomic mass is 16.2. The van der Waals surface area contributed by atoms with Crippen LogP contribution in [0.1, 0.15) is 54.1 Å². The van der Waals surface area contributed by atoms with Gasteiger partial charge in [0, 0.05) is 24.6 Å². The first-order valence-electron chi connectivity index (χ1n) is 8.43. The minimum atomic E-state index is -0.611. The fourth-order valence-electron chi connectivity index (χ4n) is 4.12. The Bertz CT molecular complexity index is 679. The van der Waals surface area contributed by atoms with Crippen LogP contribution in [0.2, 0.25) is 0 Å². The van der Waals surface area contributed by atoms with Crippen LogP contribution < -0.4 is 0 Å². The van der Waals surface area contributed by atoms with Crippen molar-refractivity contribution in [3.63, 3.8) is 0 Å². The maximum Gasteiger partial charge on any atom is 0.256 e. The largest absolute Gasteiger partial charge is 0.321 e. The van der Waals surface area contributed by atoms with E-state index in [1.165, 1.54) is 11.3 Å². The Balaban J connectivity index is 1.61. The van der Waals surface area contributed by atoms with Gasteiger partial charge in [-0.3, -0.25) is 19.3 Å². The molecule has 5 heteroatoms. The first kappa shape index (κ1) is 14.4. The average molecular weight is 312 g/mol. The molecule has 1 atom stereocenters. The van der Waals surface area contributed by atoms with E-state index in [0.717, 1.165) is 31.2 Å². The molecule has 2 aliphatic heterocycles. The van der Waals surface area contributed by atoms with Crippen LogP contribution in [0.4, 0.5) is 0 Å². The van der Waals surface area contributed by atoms with Crippen LogP contribution >= 0.6 is 0 Å². The molecular formula is C18H20N2O3. The summed E-state index contributed by atoms with van der Waals surface area (Å²) in [6.45, 7) is 0.757. The lowest BCUT2D eigenvalue weighted by Crippen LogP contribution is -2.54. The smallest absolute Gasteiger partial charge is 0.256 e. The SMILES string of the molecule is O=C(C1CCCCC1)N1CCN2C(=O)c3ccccc3C2C1=O. The molecular weight excluding hydrogens is 292 g/mol. The summed E-state index contributed by atoms with van der Waals surface area (Å²) in [5.41, 5.74) is 1.33. The summed E-state index contributed by atoms with van der Waals surface area (Å²) in [6.07, 6.45) is 5.07. The van der Waals surface area contributed by atoms with Crippen molar-refractivity contribution in [3.8, 4) is 0 Å². The number of nitrogens with zero attached hydrogens (tertiary/aromatic N) is 2. The molecule has 4 rings (SSSR count). The fourth-order valence-corrected chi connectivity index (χ4v) is 4.12. The topological polar surface area (TPSA) is 57.7 Å². The molecule has 120 valence electrons. The lowest BCUT2D eigenvalue weighted by atomic mass is 9.88.